The Morgan fingerprint density at radius 1 is 1.00 bits per heavy atom. The molecule has 4 aliphatic rings. The molecule has 7 heteroatoms. The molecule has 4 unspecified atom stereocenters. The molecule has 0 heterocycles. The Kier molecular flexibility index (Phi) is 6.05. The van der Waals surface area contributed by atoms with Gasteiger partial charge in [0.05, 0.1) is 16.9 Å². The van der Waals surface area contributed by atoms with Gasteiger partial charge in [-0.15, -0.1) is 0 Å². The predicted octanol–water partition coefficient (Wildman–Crippen LogP) is 3.69. The standard InChI is InChI=1S/C25H34O7/c1-6-8-16(26)14-10-13(18(28)23(3,4)19(14)29)11-15-20(30)24(5)12-25(21(15)31,22(24)32)17(27)9-7-2/h15,20,28-30H,6-12H2,1-5H3. The number of ketones is 4. The SMILES string of the molecule is CCCC(=O)C1=C(O)C(C)(C)C(O)=C(CC2C(=O)C3(C(=O)CCC)CC(C)(C3=O)C2O)C1. The maximum atomic E-state index is 13.5. The Bertz CT molecular complexity index is 953. The van der Waals surface area contributed by atoms with E-state index in [-0.39, 0.29) is 55.0 Å². The van der Waals surface area contributed by atoms with E-state index in [1.165, 1.54) is 0 Å². The first kappa shape index (κ1) is 24.4. The van der Waals surface area contributed by atoms with Gasteiger partial charge in [0.2, 0.25) is 0 Å². The number of Topliss-reactive ketones (excluding diaryl/α,β-unsaturated/α-hetero) is 4. The normalized spacial score (nSPS) is 33.9. The maximum absolute atomic E-state index is 13.5. The molecule has 0 aromatic carbocycles. The summed E-state index contributed by atoms with van der Waals surface area (Å²) >= 11 is 0. The average Bonchev–Trinajstić information content (AvgIpc) is 2.73. The molecule has 0 aromatic heterocycles. The minimum Gasteiger partial charge on any atom is -0.511 e. The number of hydrogen-bond acceptors (Lipinski definition) is 7. The highest BCUT2D eigenvalue weighted by Gasteiger charge is 2.76. The summed E-state index contributed by atoms with van der Waals surface area (Å²) in [7, 11) is 0. The van der Waals surface area contributed by atoms with Crippen LogP contribution in [0.5, 0.6) is 0 Å². The fourth-order valence-electron chi connectivity index (χ4n) is 5.80. The van der Waals surface area contributed by atoms with Gasteiger partial charge in [0.15, 0.2) is 23.1 Å². The van der Waals surface area contributed by atoms with E-state index >= 15 is 0 Å². The molecule has 4 atom stereocenters. The van der Waals surface area contributed by atoms with Crippen LogP contribution in [-0.2, 0) is 19.2 Å². The minimum absolute atomic E-state index is 0.0195. The number of rotatable bonds is 8. The van der Waals surface area contributed by atoms with Crippen molar-refractivity contribution < 1.29 is 34.5 Å². The third kappa shape index (κ3) is 3.11. The van der Waals surface area contributed by atoms with Gasteiger partial charge in [-0.2, -0.15) is 0 Å². The van der Waals surface area contributed by atoms with Crippen molar-refractivity contribution in [3.05, 3.63) is 22.7 Å². The molecule has 0 radical (unpaired) electrons. The molecular formula is C25H34O7. The van der Waals surface area contributed by atoms with Crippen LogP contribution in [0.2, 0.25) is 0 Å². The number of carbonyl (C=O) groups excluding carboxylic acids is 4. The lowest BCUT2D eigenvalue weighted by atomic mass is 9.39. The Morgan fingerprint density at radius 2 is 1.59 bits per heavy atom. The van der Waals surface area contributed by atoms with Gasteiger partial charge >= 0.3 is 0 Å². The van der Waals surface area contributed by atoms with Crippen molar-refractivity contribution in [1.82, 2.24) is 0 Å². The minimum atomic E-state index is -1.70. The van der Waals surface area contributed by atoms with Gasteiger partial charge in [-0.25, -0.2) is 0 Å². The van der Waals surface area contributed by atoms with Crippen molar-refractivity contribution in [1.29, 1.82) is 0 Å². The molecule has 3 fully saturated rings. The summed E-state index contributed by atoms with van der Waals surface area (Å²) in [6, 6.07) is 0. The summed E-state index contributed by atoms with van der Waals surface area (Å²) in [5.74, 6) is -3.09. The molecule has 0 saturated heterocycles. The third-order valence-electron chi connectivity index (χ3n) is 7.76. The quantitative estimate of drug-likeness (QED) is 0.485. The van der Waals surface area contributed by atoms with E-state index in [9.17, 15) is 34.5 Å². The van der Waals surface area contributed by atoms with Gasteiger partial charge < -0.3 is 15.3 Å². The van der Waals surface area contributed by atoms with Crippen LogP contribution in [0.4, 0.5) is 0 Å². The molecule has 3 N–H and O–H groups in total. The Hall–Kier alpha value is -2.28. The number of carbonyl (C=O) groups is 4. The van der Waals surface area contributed by atoms with E-state index in [1.807, 2.05) is 6.92 Å². The lowest BCUT2D eigenvalue weighted by molar-refractivity contribution is -0.197. The average molecular weight is 447 g/mol. The summed E-state index contributed by atoms with van der Waals surface area (Å²) in [5.41, 5.74) is -3.52. The van der Waals surface area contributed by atoms with Crippen molar-refractivity contribution in [2.24, 2.45) is 22.2 Å². The Labute approximate surface area is 188 Å². The highest BCUT2D eigenvalue weighted by molar-refractivity contribution is 6.31. The molecular weight excluding hydrogens is 412 g/mol. The summed E-state index contributed by atoms with van der Waals surface area (Å²) in [4.78, 5) is 51.8. The fraction of sp³-hybridized carbons (Fsp3) is 0.680. The largest absolute Gasteiger partial charge is 0.511 e. The van der Waals surface area contributed by atoms with Gasteiger partial charge in [-0.3, -0.25) is 19.2 Å². The second kappa shape index (κ2) is 7.94. The van der Waals surface area contributed by atoms with Crippen LogP contribution in [-0.4, -0.2) is 44.6 Å². The van der Waals surface area contributed by atoms with E-state index in [0.717, 1.165) is 0 Å². The summed E-state index contributed by atoms with van der Waals surface area (Å²) < 4.78 is 0. The van der Waals surface area contributed by atoms with E-state index in [2.05, 4.69) is 0 Å². The lowest BCUT2D eigenvalue weighted by Gasteiger charge is -2.59. The second-order valence-corrected chi connectivity index (χ2v) is 10.4. The van der Waals surface area contributed by atoms with Crippen LogP contribution in [0.3, 0.4) is 0 Å². The first-order valence-corrected chi connectivity index (χ1v) is 11.5. The summed E-state index contributed by atoms with van der Waals surface area (Å²) in [6.45, 7) is 8.41. The van der Waals surface area contributed by atoms with E-state index < -0.39 is 45.6 Å². The lowest BCUT2D eigenvalue weighted by Crippen LogP contribution is -2.75. The molecule has 0 aliphatic heterocycles. The molecule has 7 nitrogen and oxygen atoms in total. The molecule has 32 heavy (non-hydrogen) atoms. The number of hydrogen-bond donors (Lipinski definition) is 3. The molecule has 0 amide bonds. The number of allylic oxidation sites excluding steroid dienone is 2. The smallest absolute Gasteiger partial charge is 0.162 e. The zero-order valence-corrected chi connectivity index (χ0v) is 19.6. The third-order valence-corrected chi connectivity index (χ3v) is 7.76. The monoisotopic (exact) mass is 446 g/mol. The maximum Gasteiger partial charge on any atom is 0.162 e. The van der Waals surface area contributed by atoms with Crippen LogP contribution in [0.1, 0.15) is 79.6 Å². The van der Waals surface area contributed by atoms with Crippen LogP contribution >= 0.6 is 0 Å². The zero-order chi connectivity index (χ0) is 24.2. The first-order chi connectivity index (χ1) is 14.8. The number of fused-ring (bicyclic) bond motifs is 2. The summed E-state index contributed by atoms with van der Waals surface area (Å²) in [6.07, 6.45) is 0.107. The van der Waals surface area contributed by atoms with Crippen molar-refractivity contribution in [2.45, 2.75) is 85.7 Å². The molecule has 3 saturated carbocycles. The van der Waals surface area contributed by atoms with Gasteiger partial charge in [0.1, 0.15) is 16.9 Å². The number of aliphatic hydroxyl groups excluding tert-OH is 3. The Balaban J connectivity index is 1.98. The van der Waals surface area contributed by atoms with Crippen molar-refractivity contribution in [2.75, 3.05) is 0 Å². The van der Waals surface area contributed by atoms with Crippen LogP contribution in [0.25, 0.3) is 0 Å². The highest BCUT2D eigenvalue weighted by Crippen LogP contribution is 2.62. The van der Waals surface area contributed by atoms with Crippen molar-refractivity contribution >= 4 is 23.1 Å². The molecule has 4 aliphatic carbocycles. The molecule has 4 rings (SSSR count). The van der Waals surface area contributed by atoms with E-state index in [4.69, 9.17) is 0 Å². The van der Waals surface area contributed by atoms with Crippen LogP contribution in [0, 0.1) is 22.2 Å². The van der Waals surface area contributed by atoms with Crippen molar-refractivity contribution in [3.63, 3.8) is 0 Å². The van der Waals surface area contributed by atoms with Crippen molar-refractivity contribution in [3.8, 4) is 0 Å². The predicted molar refractivity (Wildman–Crippen MR) is 117 cm³/mol. The molecule has 0 spiro atoms. The molecule has 0 aromatic rings. The van der Waals surface area contributed by atoms with Crippen LogP contribution in [0.15, 0.2) is 22.7 Å². The van der Waals surface area contributed by atoms with E-state index in [0.29, 0.717) is 18.4 Å². The molecule has 176 valence electrons. The van der Waals surface area contributed by atoms with Gasteiger partial charge in [0, 0.05) is 30.8 Å². The topological polar surface area (TPSA) is 129 Å². The zero-order valence-electron chi connectivity index (χ0n) is 19.6. The van der Waals surface area contributed by atoms with Gasteiger partial charge in [-0.1, -0.05) is 20.8 Å². The first-order valence-electron chi connectivity index (χ1n) is 11.5. The number of aliphatic hydroxyl groups is 3. The summed E-state index contributed by atoms with van der Waals surface area (Å²) in [5, 5.41) is 32.5. The van der Waals surface area contributed by atoms with Crippen LogP contribution < -0.4 is 0 Å². The fourth-order valence-corrected chi connectivity index (χ4v) is 5.80. The second-order valence-electron chi connectivity index (χ2n) is 10.4. The highest BCUT2D eigenvalue weighted by atomic mass is 16.3. The Morgan fingerprint density at radius 3 is 2.12 bits per heavy atom. The molecule has 2 bridgehead atoms. The van der Waals surface area contributed by atoms with Gasteiger partial charge in [-0.05, 0) is 45.1 Å². The van der Waals surface area contributed by atoms with E-state index in [1.54, 1.807) is 27.7 Å². The van der Waals surface area contributed by atoms with Gasteiger partial charge in [0.25, 0.3) is 0 Å².